The maximum absolute atomic E-state index is 14.7. The predicted molar refractivity (Wildman–Crippen MR) is 308 cm³/mol. The molecular formula is C62H83N5O10Si. The lowest BCUT2D eigenvalue weighted by atomic mass is 9.78. The molecule has 78 heavy (non-hydrogen) atoms. The normalized spacial score (nSPS) is 13.1. The molecule has 0 saturated carbocycles. The third-order valence-corrected chi connectivity index (χ3v) is 18.1. The van der Waals surface area contributed by atoms with Crippen LogP contribution < -0.4 is 25.7 Å². The zero-order valence-corrected chi connectivity index (χ0v) is 48.8. The van der Waals surface area contributed by atoms with E-state index in [1.807, 2.05) is 75.4 Å². The van der Waals surface area contributed by atoms with E-state index < -0.39 is 79.3 Å². The van der Waals surface area contributed by atoms with Crippen molar-refractivity contribution in [1.82, 2.24) is 10.6 Å². The Labute approximate surface area is 463 Å². The van der Waals surface area contributed by atoms with Crippen molar-refractivity contribution in [3.63, 3.8) is 0 Å². The Morgan fingerprint density at radius 2 is 1.21 bits per heavy atom. The lowest BCUT2D eigenvalue weighted by molar-refractivity contribution is -0.156. The fourth-order valence-corrected chi connectivity index (χ4v) is 13.7. The van der Waals surface area contributed by atoms with Crippen LogP contribution in [0.15, 0.2) is 120 Å². The minimum atomic E-state index is -2.55. The maximum atomic E-state index is 14.7. The predicted octanol–water partition coefficient (Wildman–Crippen LogP) is 9.27. The van der Waals surface area contributed by atoms with E-state index in [0.717, 1.165) is 11.1 Å². The molecule has 0 radical (unpaired) electrons. The van der Waals surface area contributed by atoms with E-state index >= 15 is 0 Å². The number of carbonyl (C=O) groups is 5. The van der Waals surface area contributed by atoms with Crippen molar-refractivity contribution in [3.05, 3.63) is 137 Å². The van der Waals surface area contributed by atoms with Crippen LogP contribution in [-0.2, 0) is 55.8 Å². The average Bonchev–Trinajstić information content (AvgIpc) is 3.53. The lowest BCUT2D eigenvalue weighted by Gasteiger charge is -2.39. The Hall–Kier alpha value is -6.60. The van der Waals surface area contributed by atoms with Gasteiger partial charge in [0.25, 0.3) is 0 Å². The Kier molecular flexibility index (Phi) is 25.0. The second-order valence-corrected chi connectivity index (χ2v) is 27.5. The van der Waals surface area contributed by atoms with Crippen LogP contribution in [0.4, 0.5) is 0 Å². The summed E-state index contributed by atoms with van der Waals surface area (Å²) in [6, 6.07) is 36.3. The van der Waals surface area contributed by atoms with Crippen LogP contribution in [0.5, 0.6) is 5.75 Å². The van der Waals surface area contributed by atoms with Gasteiger partial charge in [0.1, 0.15) is 35.9 Å². The van der Waals surface area contributed by atoms with E-state index in [1.54, 1.807) is 46.8 Å². The third kappa shape index (κ3) is 21.7. The molecule has 0 heterocycles. The smallest absolute Gasteiger partial charge is 0.308 e. The van der Waals surface area contributed by atoms with Gasteiger partial charge in [-0.25, -0.2) is 0 Å². The zero-order chi connectivity index (χ0) is 57.4. The SMILES string of the molecule is CC(C)(C)OC(=O)C[C@H](NC(=O)COCCOCCOCC#C[Si](c1ccccc1)(c1ccccc1)C(C)(C)C)C(=O)C[C@@H](Cc1ccc(OC(C)(C)C)cc1)C(=O)NC(C)(C)[C@@H](Cc1ccccc1)C(=O)CCCN=[N+]=[N-]. The summed E-state index contributed by atoms with van der Waals surface area (Å²) in [6.07, 6.45) is 0.0215. The maximum Gasteiger partial charge on any atom is 0.308 e. The molecule has 0 aromatic heterocycles. The van der Waals surface area contributed by atoms with Gasteiger partial charge < -0.3 is 34.3 Å². The van der Waals surface area contributed by atoms with Crippen LogP contribution in [0, 0.1) is 23.3 Å². The molecule has 16 heteroatoms. The summed E-state index contributed by atoms with van der Waals surface area (Å²) in [5, 5.41) is 11.7. The summed E-state index contributed by atoms with van der Waals surface area (Å²) in [5.74, 6) is -0.301. The van der Waals surface area contributed by atoms with Crippen molar-refractivity contribution in [1.29, 1.82) is 0 Å². The molecule has 0 aliphatic rings. The molecule has 15 nitrogen and oxygen atoms in total. The fourth-order valence-electron chi connectivity index (χ4n) is 9.21. The van der Waals surface area contributed by atoms with Gasteiger partial charge >= 0.3 is 5.97 Å². The number of Topliss-reactive ketones (excluding diaryl/α,β-unsaturated/α-hetero) is 2. The van der Waals surface area contributed by atoms with Crippen molar-refractivity contribution in [2.75, 3.05) is 46.2 Å². The summed E-state index contributed by atoms with van der Waals surface area (Å²) in [4.78, 5) is 72.7. The highest BCUT2D eigenvalue weighted by Crippen LogP contribution is 2.35. The first-order valence-electron chi connectivity index (χ1n) is 26.9. The number of rotatable bonds is 30. The van der Waals surface area contributed by atoms with Gasteiger partial charge in [0.15, 0.2) is 5.78 Å². The number of hydrogen-bond donors (Lipinski definition) is 2. The van der Waals surface area contributed by atoms with Gasteiger partial charge in [0.2, 0.25) is 19.9 Å². The monoisotopic (exact) mass is 1090 g/mol. The summed E-state index contributed by atoms with van der Waals surface area (Å²) in [6.45, 7) is 21.9. The summed E-state index contributed by atoms with van der Waals surface area (Å²) in [5.41, 5.74) is 11.7. The average molecular weight is 1090 g/mol. The van der Waals surface area contributed by atoms with Crippen molar-refractivity contribution in [3.8, 4) is 17.2 Å². The van der Waals surface area contributed by atoms with Crippen molar-refractivity contribution in [2.45, 2.75) is 143 Å². The first-order chi connectivity index (χ1) is 36.8. The molecule has 0 aliphatic carbocycles. The lowest BCUT2D eigenvalue weighted by Crippen LogP contribution is -2.63. The molecule has 0 bridgehead atoms. The Morgan fingerprint density at radius 3 is 1.76 bits per heavy atom. The highest BCUT2D eigenvalue weighted by atomic mass is 28.3. The molecule has 0 unspecified atom stereocenters. The van der Waals surface area contributed by atoms with Gasteiger partial charge in [-0.15, -0.1) is 5.54 Å². The molecule has 3 atom stereocenters. The van der Waals surface area contributed by atoms with Gasteiger partial charge in [-0.05, 0) is 119 Å². The van der Waals surface area contributed by atoms with Crippen LogP contribution in [-0.4, -0.2) is 106 Å². The van der Waals surface area contributed by atoms with E-state index in [2.05, 4.69) is 101 Å². The van der Waals surface area contributed by atoms with Gasteiger partial charge in [0, 0.05) is 41.7 Å². The molecular weight excluding hydrogens is 1000 g/mol. The van der Waals surface area contributed by atoms with Crippen molar-refractivity contribution in [2.24, 2.45) is 17.0 Å². The molecule has 0 fully saturated rings. The second kappa shape index (κ2) is 30.5. The minimum Gasteiger partial charge on any atom is -0.488 e. The molecule has 420 valence electrons. The van der Waals surface area contributed by atoms with Gasteiger partial charge in [0.05, 0.1) is 38.9 Å². The Balaban J connectivity index is 1.43. The van der Waals surface area contributed by atoms with E-state index in [0.29, 0.717) is 25.2 Å². The van der Waals surface area contributed by atoms with E-state index in [9.17, 15) is 24.0 Å². The van der Waals surface area contributed by atoms with Crippen LogP contribution >= 0.6 is 0 Å². The number of nitrogens with zero attached hydrogens (tertiary/aromatic N) is 3. The standard InChI is InChI=1S/C62H83N5O10Si/c1-59(2,3)76-49-32-30-47(31-33-49)41-48(58(72)66-62(10,11)52(42-46-23-15-12-16-24-46)54(68)29-21-34-64-67-63)43-55(69)53(44-57(71)77-60(4,5)6)65-56(70)45-75-39-38-74-37-36-73-35-22-40-78(61(7,8)9,50-25-17-13-18-26-50)51-27-19-14-20-28-51/h12-20,23-28,30-33,48,52-53H,21,29,34-39,41-45H2,1-11H3,(H,65,70)(H,66,72)/t48-,52+,53+/m1/s1. The number of carbonyl (C=O) groups excluding carboxylic acids is 5. The zero-order valence-electron chi connectivity index (χ0n) is 47.8. The fraction of sp³-hybridized carbons (Fsp3) is 0.500. The van der Waals surface area contributed by atoms with Crippen LogP contribution in [0.2, 0.25) is 5.04 Å². The molecule has 0 aliphatic heterocycles. The van der Waals surface area contributed by atoms with Crippen LogP contribution in [0.3, 0.4) is 0 Å². The van der Waals surface area contributed by atoms with E-state index in [-0.39, 0.29) is 63.1 Å². The first kappa shape index (κ1) is 63.9. The molecule has 4 aromatic rings. The summed E-state index contributed by atoms with van der Waals surface area (Å²) in [7, 11) is -2.55. The van der Waals surface area contributed by atoms with Gasteiger partial charge in [-0.1, -0.05) is 135 Å². The van der Waals surface area contributed by atoms with Crippen molar-refractivity contribution < 1.29 is 47.7 Å². The molecule has 0 spiro atoms. The number of ether oxygens (including phenoxy) is 5. The topological polar surface area (TPSA) is 204 Å². The Bertz CT molecular complexity index is 2610. The highest BCUT2D eigenvalue weighted by molar-refractivity contribution is 7.10. The van der Waals surface area contributed by atoms with E-state index in [4.69, 9.17) is 29.2 Å². The number of nitrogens with one attached hydrogen (secondary N) is 2. The third-order valence-electron chi connectivity index (χ3n) is 12.9. The summed E-state index contributed by atoms with van der Waals surface area (Å²) >= 11 is 0. The number of amides is 2. The number of ketones is 2. The van der Waals surface area contributed by atoms with Gasteiger partial charge in [-0.3, -0.25) is 24.0 Å². The largest absolute Gasteiger partial charge is 0.488 e. The first-order valence-corrected chi connectivity index (χ1v) is 28.9. The van der Waals surface area contributed by atoms with Gasteiger partial charge in [-0.2, -0.15) is 0 Å². The Morgan fingerprint density at radius 1 is 0.654 bits per heavy atom. The minimum absolute atomic E-state index is 0.0605. The molecule has 2 amide bonds. The number of esters is 1. The number of benzene rings is 4. The summed E-state index contributed by atoms with van der Waals surface area (Å²) < 4.78 is 28.8. The molecule has 4 aromatic carbocycles. The van der Waals surface area contributed by atoms with Crippen LogP contribution in [0.25, 0.3) is 10.4 Å². The quantitative estimate of drug-likeness (QED) is 0.00963. The number of azide groups is 1. The highest BCUT2D eigenvalue weighted by Gasteiger charge is 2.47. The molecule has 2 N–H and O–H groups in total. The second-order valence-electron chi connectivity index (χ2n) is 23.1. The number of hydrogen-bond acceptors (Lipinski definition) is 11. The molecule has 0 saturated heterocycles. The van der Waals surface area contributed by atoms with Crippen molar-refractivity contribution >= 4 is 47.8 Å². The molecule has 4 rings (SSSR count). The van der Waals surface area contributed by atoms with Crippen LogP contribution in [0.1, 0.15) is 113 Å². The van der Waals surface area contributed by atoms with E-state index in [1.165, 1.54) is 10.4 Å².